The second kappa shape index (κ2) is 12.8. The molecule has 8 heteroatoms. The summed E-state index contributed by atoms with van der Waals surface area (Å²) in [5, 5.41) is 14.0. The van der Waals surface area contributed by atoms with E-state index in [1.165, 1.54) is 0 Å². The minimum absolute atomic E-state index is 0.0591. The molecule has 0 bridgehead atoms. The highest BCUT2D eigenvalue weighted by atomic mass is 28.4. The molecule has 2 atom stereocenters. The van der Waals surface area contributed by atoms with Crippen LogP contribution in [0.1, 0.15) is 85.6 Å². The molecule has 0 saturated carbocycles. The van der Waals surface area contributed by atoms with Crippen LogP contribution < -0.4 is 19.5 Å². The van der Waals surface area contributed by atoms with Crippen LogP contribution in [0.2, 0.25) is 21.7 Å². The SMILES string of the molecule is COc1cc(O[Si](C(C)C)(C(C)C)C(C)C)c2c(c1)[C@@H](O[Si](c1ccccc1)(c1ccccc1)C(C)(C)C)C1=C(C(=O)OC1)[C@@H]2O. The maximum absolute atomic E-state index is 13.4. The van der Waals surface area contributed by atoms with Gasteiger partial charge in [0.2, 0.25) is 0 Å². The van der Waals surface area contributed by atoms with Crippen molar-refractivity contribution in [1.29, 1.82) is 0 Å². The highest BCUT2D eigenvalue weighted by molar-refractivity contribution is 6.99. The van der Waals surface area contributed by atoms with E-state index in [9.17, 15) is 9.90 Å². The summed E-state index contributed by atoms with van der Waals surface area (Å²) < 4.78 is 26.5. The van der Waals surface area contributed by atoms with Crippen LogP contribution in [0.3, 0.4) is 0 Å². The van der Waals surface area contributed by atoms with E-state index < -0.39 is 34.8 Å². The Morgan fingerprint density at radius 1 is 0.848 bits per heavy atom. The summed E-state index contributed by atoms with van der Waals surface area (Å²) in [6.45, 7) is 20.2. The van der Waals surface area contributed by atoms with Crippen molar-refractivity contribution in [3.05, 3.63) is 95.1 Å². The Hall–Kier alpha value is -3.18. The van der Waals surface area contributed by atoms with Crippen LogP contribution in [0.15, 0.2) is 83.9 Å². The lowest BCUT2D eigenvalue weighted by molar-refractivity contribution is -0.136. The fourth-order valence-corrected chi connectivity index (χ4v) is 18.0. The smallest absolute Gasteiger partial charge is 0.337 e. The predicted octanol–water partition coefficient (Wildman–Crippen LogP) is 7.77. The van der Waals surface area contributed by atoms with Gasteiger partial charge in [-0.3, -0.25) is 0 Å². The van der Waals surface area contributed by atoms with Crippen LogP contribution in [0.4, 0.5) is 0 Å². The molecule has 0 saturated heterocycles. The normalized spacial score (nSPS) is 18.6. The van der Waals surface area contributed by atoms with E-state index in [-0.39, 0.29) is 17.2 Å². The number of benzene rings is 3. The first-order chi connectivity index (χ1) is 21.7. The fraction of sp³-hybridized carbons (Fsp3) is 0.447. The van der Waals surface area contributed by atoms with Gasteiger partial charge in [0.25, 0.3) is 16.6 Å². The molecule has 6 nitrogen and oxygen atoms in total. The molecule has 3 aromatic rings. The molecule has 1 aliphatic heterocycles. The van der Waals surface area contributed by atoms with E-state index in [2.05, 4.69) is 111 Å². The van der Waals surface area contributed by atoms with Crippen LogP contribution in [-0.2, 0) is 14.0 Å². The molecule has 1 N–H and O–H groups in total. The van der Waals surface area contributed by atoms with Crippen LogP contribution in [-0.4, -0.2) is 41.4 Å². The van der Waals surface area contributed by atoms with Gasteiger partial charge in [0.05, 0.1) is 18.8 Å². The third-order valence-corrected chi connectivity index (χ3v) is 21.1. The van der Waals surface area contributed by atoms with Crippen LogP contribution in [0.5, 0.6) is 11.5 Å². The zero-order valence-corrected chi connectivity index (χ0v) is 31.0. The van der Waals surface area contributed by atoms with Gasteiger partial charge in [0.1, 0.15) is 24.2 Å². The largest absolute Gasteiger partial charge is 0.542 e. The number of hydrogen-bond donors (Lipinski definition) is 1. The molecule has 1 heterocycles. The average molecular weight is 659 g/mol. The van der Waals surface area contributed by atoms with E-state index >= 15 is 0 Å². The Bertz CT molecular complexity index is 1530. The number of aliphatic hydroxyl groups is 1. The summed E-state index contributed by atoms with van der Waals surface area (Å²) in [5.41, 5.74) is 3.14. The first-order valence-electron chi connectivity index (χ1n) is 16.5. The van der Waals surface area contributed by atoms with E-state index in [4.69, 9.17) is 18.3 Å². The lowest BCUT2D eigenvalue weighted by Gasteiger charge is -2.47. The van der Waals surface area contributed by atoms with E-state index in [0.29, 0.717) is 39.3 Å². The molecular weight excluding hydrogens is 609 g/mol. The van der Waals surface area contributed by atoms with E-state index in [1.54, 1.807) is 7.11 Å². The molecule has 46 heavy (non-hydrogen) atoms. The topological polar surface area (TPSA) is 74.2 Å². The molecule has 0 fully saturated rings. The number of carbonyl (C=O) groups excluding carboxylic acids is 1. The minimum atomic E-state index is -3.11. The van der Waals surface area contributed by atoms with Crippen molar-refractivity contribution in [2.45, 2.75) is 96.2 Å². The van der Waals surface area contributed by atoms with E-state index in [1.807, 2.05) is 24.3 Å². The number of carbonyl (C=O) groups is 1. The summed E-state index contributed by atoms with van der Waals surface area (Å²) in [4.78, 5) is 13.4. The molecule has 0 spiro atoms. The Balaban J connectivity index is 1.82. The van der Waals surface area contributed by atoms with Gasteiger partial charge >= 0.3 is 5.97 Å². The Morgan fingerprint density at radius 3 is 1.83 bits per heavy atom. The molecule has 3 aromatic carbocycles. The van der Waals surface area contributed by atoms with Gasteiger partial charge < -0.3 is 23.4 Å². The van der Waals surface area contributed by atoms with Crippen LogP contribution in [0, 0.1) is 0 Å². The molecule has 0 radical (unpaired) electrons. The fourth-order valence-electron chi connectivity index (χ4n) is 8.15. The van der Waals surface area contributed by atoms with Crippen molar-refractivity contribution in [3.63, 3.8) is 0 Å². The lowest BCUT2D eigenvalue weighted by Crippen LogP contribution is -2.67. The predicted molar refractivity (Wildman–Crippen MR) is 189 cm³/mol. The first kappa shape index (κ1) is 34.2. The number of fused-ring (bicyclic) bond motifs is 1. The summed E-state index contributed by atoms with van der Waals surface area (Å²) in [5.74, 6) is 0.670. The van der Waals surface area contributed by atoms with Gasteiger partial charge in [-0.2, -0.15) is 0 Å². The van der Waals surface area contributed by atoms with Gasteiger partial charge in [-0.15, -0.1) is 0 Å². The van der Waals surface area contributed by atoms with Crippen molar-refractivity contribution in [1.82, 2.24) is 0 Å². The van der Waals surface area contributed by atoms with Gasteiger partial charge in [-0.05, 0) is 43.7 Å². The minimum Gasteiger partial charge on any atom is -0.542 e. The molecule has 246 valence electrons. The van der Waals surface area contributed by atoms with Crippen molar-refractivity contribution < 1.29 is 28.2 Å². The van der Waals surface area contributed by atoms with Crippen molar-refractivity contribution in [2.75, 3.05) is 13.7 Å². The van der Waals surface area contributed by atoms with E-state index in [0.717, 1.165) is 15.9 Å². The van der Waals surface area contributed by atoms with Crippen molar-refractivity contribution in [3.8, 4) is 11.5 Å². The zero-order chi connectivity index (χ0) is 33.6. The third kappa shape index (κ3) is 5.47. The number of rotatable bonds is 10. The number of ether oxygens (including phenoxy) is 2. The Kier molecular flexibility index (Phi) is 9.50. The Labute approximate surface area is 277 Å². The van der Waals surface area contributed by atoms with Crippen molar-refractivity contribution >= 4 is 33.0 Å². The summed E-state index contributed by atoms with van der Waals surface area (Å²) in [6, 6.07) is 24.7. The number of hydrogen-bond acceptors (Lipinski definition) is 6. The van der Waals surface area contributed by atoms with Gasteiger partial charge in [0.15, 0.2) is 0 Å². The highest BCUT2D eigenvalue weighted by Gasteiger charge is 2.55. The number of aliphatic hydroxyl groups excluding tert-OH is 1. The highest BCUT2D eigenvalue weighted by Crippen LogP contribution is 2.54. The molecule has 5 rings (SSSR count). The van der Waals surface area contributed by atoms with Gasteiger partial charge in [-0.25, -0.2) is 4.79 Å². The summed E-state index contributed by atoms with van der Waals surface area (Å²) >= 11 is 0. The molecule has 0 unspecified atom stereocenters. The number of cyclic esters (lactones) is 1. The second-order valence-corrected chi connectivity index (χ2v) is 24.3. The van der Waals surface area contributed by atoms with Gasteiger partial charge in [-0.1, -0.05) is 123 Å². The maximum atomic E-state index is 13.4. The van der Waals surface area contributed by atoms with Gasteiger partial charge in [0, 0.05) is 17.2 Å². The number of esters is 1. The number of methoxy groups -OCH3 is 1. The molecule has 0 aromatic heterocycles. The Morgan fingerprint density at radius 2 is 1.37 bits per heavy atom. The zero-order valence-electron chi connectivity index (χ0n) is 29.0. The maximum Gasteiger partial charge on any atom is 0.337 e. The second-order valence-electron chi connectivity index (χ2n) is 14.6. The molecule has 1 aliphatic carbocycles. The average Bonchev–Trinajstić information content (AvgIpc) is 3.40. The molecule has 0 amide bonds. The monoisotopic (exact) mass is 658 g/mol. The lowest BCUT2D eigenvalue weighted by atomic mass is 9.82. The first-order valence-corrected chi connectivity index (χ1v) is 20.5. The van der Waals surface area contributed by atoms with Crippen molar-refractivity contribution in [2.24, 2.45) is 0 Å². The molecule has 2 aliphatic rings. The quantitative estimate of drug-likeness (QED) is 0.177. The summed E-state index contributed by atoms with van der Waals surface area (Å²) in [7, 11) is -3.94. The third-order valence-electron chi connectivity index (χ3n) is 10.2. The molecular formula is C38H50O6Si2. The summed E-state index contributed by atoms with van der Waals surface area (Å²) in [6.07, 6.45) is -1.88. The van der Waals surface area contributed by atoms with Crippen LogP contribution in [0.25, 0.3) is 0 Å². The standard InChI is InChI=1S/C38H50O6Si2/c1-24(2)45(25(3)4,26(5)6)43-32-22-27(41-10)21-30-33(32)35(39)34-31(23-42-37(34)40)36(30)44-46(38(7,8)9,28-17-13-11-14-18-28)29-19-15-12-16-20-29/h11-22,24-26,35-36,39H,23H2,1-10H3/t35-,36-/m1/s1. The van der Waals surface area contributed by atoms with Crippen LogP contribution >= 0.6 is 0 Å².